The van der Waals surface area contributed by atoms with Crippen LogP contribution in [0.3, 0.4) is 0 Å². The first kappa shape index (κ1) is 14.2. The minimum Gasteiger partial charge on any atom is -0.477 e. The molecule has 0 bridgehead atoms. The number of anilines is 1. The van der Waals surface area contributed by atoms with Crippen molar-refractivity contribution >= 4 is 17.5 Å². The summed E-state index contributed by atoms with van der Waals surface area (Å²) in [6, 6.07) is 2.24. The van der Waals surface area contributed by atoms with Gasteiger partial charge in [-0.2, -0.15) is 0 Å². The lowest BCUT2D eigenvalue weighted by Gasteiger charge is -2.07. The van der Waals surface area contributed by atoms with Gasteiger partial charge in [-0.15, -0.1) is 0 Å². The van der Waals surface area contributed by atoms with Crippen LogP contribution in [0.5, 0.6) is 0 Å². The summed E-state index contributed by atoms with van der Waals surface area (Å²) in [7, 11) is 0. The van der Waals surface area contributed by atoms with Crippen LogP contribution in [0.2, 0.25) is 0 Å². The van der Waals surface area contributed by atoms with Crippen molar-refractivity contribution in [3.63, 3.8) is 0 Å². The van der Waals surface area contributed by atoms with Crippen LogP contribution in [0.25, 0.3) is 0 Å². The third-order valence-electron chi connectivity index (χ3n) is 2.88. The number of aromatic nitrogens is 1. The van der Waals surface area contributed by atoms with Crippen molar-refractivity contribution in [1.29, 1.82) is 0 Å². The molecular weight excluding hydrogens is 266 g/mol. The van der Waals surface area contributed by atoms with Crippen molar-refractivity contribution < 1.29 is 19.6 Å². The molecule has 1 fully saturated rings. The Morgan fingerprint density at radius 3 is 2.90 bits per heavy atom. The smallest absolute Gasteiger partial charge is 0.354 e. The van der Waals surface area contributed by atoms with E-state index in [4.69, 9.17) is 9.84 Å². The van der Waals surface area contributed by atoms with Crippen LogP contribution in [-0.2, 0) is 4.74 Å². The van der Waals surface area contributed by atoms with Crippen LogP contribution in [0.15, 0.2) is 12.1 Å². The molecule has 1 saturated carbocycles. The number of nitro groups is 1. The minimum absolute atomic E-state index is 0.0510. The Labute approximate surface area is 114 Å². The lowest BCUT2D eigenvalue weighted by atomic mass is 10.3. The van der Waals surface area contributed by atoms with Gasteiger partial charge < -0.3 is 15.2 Å². The Kier molecular flexibility index (Phi) is 4.46. The zero-order valence-corrected chi connectivity index (χ0v) is 10.7. The molecule has 20 heavy (non-hydrogen) atoms. The van der Waals surface area contributed by atoms with E-state index >= 15 is 0 Å². The van der Waals surface area contributed by atoms with E-state index in [1.807, 2.05) is 0 Å². The van der Waals surface area contributed by atoms with Crippen molar-refractivity contribution in [3.8, 4) is 0 Å². The molecule has 1 aromatic rings. The van der Waals surface area contributed by atoms with Crippen LogP contribution in [0, 0.1) is 16.0 Å². The molecule has 8 nitrogen and oxygen atoms in total. The molecule has 0 aromatic carbocycles. The highest BCUT2D eigenvalue weighted by Gasteiger charge is 2.21. The predicted octanol–water partition coefficient (Wildman–Crippen LogP) is 1.53. The highest BCUT2D eigenvalue weighted by atomic mass is 16.6. The molecule has 0 aliphatic heterocycles. The van der Waals surface area contributed by atoms with Crippen molar-refractivity contribution in [2.45, 2.75) is 12.8 Å². The molecule has 1 aromatic heterocycles. The van der Waals surface area contributed by atoms with Gasteiger partial charge in [0.1, 0.15) is 0 Å². The largest absolute Gasteiger partial charge is 0.477 e. The van der Waals surface area contributed by atoms with Gasteiger partial charge in [0.05, 0.1) is 11.5 Å². The number of nitrogens with zero attached hydrogens (tertiary/aromatic N) is 2. The van der Waals surface area contributed by atoms with Crippen LogP contribution in [0.4, 0.5) is 11.5 Å². The maximum Gasteiger partial charge on any atom is 0.354 e. The SMILES string of the molecule is O=C(O)c1ccc([N+](=O)[O-])c(NCCOCC2CC2)n1. The van der Waals surface area contributed by atoms with Gasteiger partial charge in [0.2, 0.25) is 5.82 Å². The second kappa shape index (κ2) is 6.29. The average Bonchev–Trinajstić information content (AvgIpc) is 3.22. The Morgan fingerprint density at radius 1 is 1.55 bits per heavy atom. The summed E-state index contributed by atoms with van der Waals surface area (Å²) in [4.78, 5) is 24.8. The number of hydrogen-bond acceptors (Lipinski definition) is 6. The highest BCUT2D eigenvalue weighted by Crippen LogP contribution is 2.28. The van der Waals surface area contributed by atoms with Crippen molar-refractivity contribution in [1.82, 2.24) is 4.98 Å². The molecule has 0 amide bonds. The number of carbonyl (C=O) groups is 1. The zero-order valence-electron chi connectivity index (χ0n) is 10.7. The van der Waals surface area contributed by atoms with E-state index < -0.39 is 10.9 Å². The Bertz CT molecular complexity index is 516. The Morgan fingerprint density at radius 2 is 2.30 bits per heavy atom. The molecule has 1 aliphatic carbocycles. The Hall–Kier alpha value is -2.22. The van der Waals surface area contributed by atoms with Gasteiger partial charge in [-0.05, 0) is 24.8 Å². The minimum atomic E-state index is -1.23. The first-order valence-electron chi connectivity index (χ1n) is 6.28. The van der Waals surface area contributed by atoms with Crippen molar-refractivity contribution in [2.24, 2.45) is 5.92 Å². The summed E-state index contributed by atoms with van der Waals surface area (Å²) < 4.78 is 5.38. The van der Waals surface area contributed by atoms with Gasteiger partial charge in [0.25, 0.3) is 0 Å². The maximum atomic E-state index is 10.8. The molecule has 2 rings (SSSR count). The first-order chi connectivity index (χ1) is 9.58. The number of nitrogens with one attached hydrogen (secondary N) is 1. The molecular formula is C12H15N3O5. The third kappa shape index (κ3) is 3.89. The molecule has 1 aliphatic rings. The van der Waals surface area contributed by atoms with Gasteiger partial charge in [0, 0.05) is 19.2 Å². The molecule has 1 heterocycles. The van der Waals surface area contributed by atoms with E-state index in [9.17, 15) is 14.9 Å². The fourth-order valence-electron chi connectivity index (χ4n) is 1.62. The number of pyridine rings is 1. The number of carboxylic acids is 1. The van der Waals surface area contributed by atoms with E-state index in [2.05, 4.69) is 10.3 Å². The standard InChI is InChI=1S/C12H15N3O5/c16-12(17)9-3-4-10(15(18)19)11(14-9)13-5-6-20-7-8-1-2-8/h3-4,8H,1-2,5-7H2,(H,13,14)(H,16,17). The molecule has 2 N–H and O–H groups in total. The molecule has 0 spiro atoms. The van der Waals surface area contributed by atoms with E-state index in [1.165, 1.54) is 12.8 Å². The maximum absolute atomic E-state index is 10.8. The lowest BCUT2D eigenvalue weighted by molar-refractivity contribution is -0.384. The first-order valence-corrected chi connectivity index (χ1v) is 6.28. The van der Waals surface area contributed by atoms with Crippen molar-refractivity contribution in [3.05, 3.63) is 27.9 Å². The van der Waals surface area contributed by atoms with Crippen LogP contribution >= 0.6 is 0 Å². The predicted molar refractivity (Wildman–Crippen MR) is 69.9 cm³/mol. The number of carboxylic acid groups (broad SMARTS) is 1. The molecule has 0 unspecified atom stereocenters. The number of aromatic carboxylic acids is 1. The summed E-state index contributed by atoms with van der Waals surface area (Å²) >= 11 is 0. The monoisotopic (exact) mass is 281 g/mol. The summed E-state index contributed by atoms with van der Waals surface area (Å²) in [5.41, 5.74) is -0.491. The second-order valence-electron chi connectivity index (χ2n) is 4.57. The quantitative estimate of drug-likeness (QED) is 0.421. The van der Waals surface area contributed by atoms with E-state index in [-0.39, 0.29) is 17.2 Å². The topological polar surface area (TPSA) is 115 Å². The number of ether oxygens (including phenoxy) is 1. The Balaban J connectivity index is 1.93. The van der Waals surface area contributed by atoms with E-state index in [0.717, 1.165) is 12.1 Å². The van der Waals surface area contributed by atoms with Crippen molar-refractivity contribution in [2.75, 3.05) is 25.1 Å². The van der Waals surface area contributed by atoms with Crippen LogP contribution in [0.1, 0.15) is 23.3 Å². The fraction of sp³-hybridized carbons (Fsp3) is 0.500. The fourth-order valence-corrected chi connectivity index (χ4v) is 1.62. The van der Waals surface area contributed by atoms with Gasteiger partial charge in [-0.1, -0.05) is 0 Å². The van der Waals surface area contributed by atoms with Gasteiger partial charge in [-0.3, -0.25) is 10.1 Å². The highest BCUT2D eigenvalue weighted by molar-refractivity contribution is 5.86. The second-order valence-corrected chi connectivity index (χ2v) is 4.57. The van der Waals surface area contributed by atoms with Gasteiger partial charge >= 0.3 is 11.7 Å². The number of rotatable bonds is 8. The van der Waals surface area contributed by atoms with E-state index in [1.54, 1.807) is 0 Å². The summed E-state index contributed by atoms with van der Waals surface area (Å²) in [6.45, 7) is 1.43. The summed E-state index contributed by atoms with van der Waals surface area (Å²) in [6.07, 6.45) is 2.39. The van der Waals surface area contributed by atoms with E-state index in [0.29, 0.717) is 25.7 Å². The molecule has 0 radical (unpaired) electrons. The lowest BCUT2D eigenvalue weighted by Crippen LogP contribution is -2.14. The third-order valence-corrected chi connectivity index (χ3v) is 2.88. The molecule has 108 valence electrons. The summed E-state index contributed by atoms with van der Waals surface area (Å²) in [5.74, 6) is -0.629. The zero-order chi connectivity index (χ0) is 14.5. The normalized spacial score (nSPS) is 14.0. The van der Waals surface area contributed by atoms with Crippen LogP contribution in [-0.4, -0.2) is 40.7 Å². The summed E-state index contributed by atoms with van der Waals surface area (Å²) in [5, 5.41) is 22.4. The van der Waals surface area contributed by atoms with Gasteiger partial charge in [0.15, 0.2) is 5.69 Å². The molecule has 0 saturated heterocycles. The molecule has 0 atom stereocenters. The average molecular weight is 281 g/mol. The van der Waals surface area contributed by atoms with Crippen LogP contribution < -0.4 is 5.32 Å². The molecule has 8 heteroatoms. The van der Waals surface area contributed by atoms with Gasteiger partial charge in [-0.25, -0.2) is 9.78 Å². The number of hydrogen-bond donors (Lipinski definition) is 2.